The fourth-order valence-electron chi connectivity index (χ4n) is 3.81. The Balaban J connectivity index is 1.59. The van der Waals surface area contributed by atoms with E-state index in [9.17, 15) is 4.79 Å². The molecular formula is C27H28ClN3O2S. The van der Waals surface area contributed by atoms with E-state index in [4.69, 9.17) is 21.3 Å². The van der Waals surface area contributed by atoms with Gasteiger partial charge in [-0.2, -0.15) is 0 Å². The average molecular weight is 494 g/mol. The number of aromatic nitrogens is 1. The van der Waals surface area contributed by atoms with E-state index in [0.717, 1.165) is 34.4 Å². The van der Waals surface area contributed by atoms with E-state index >= 15 is 0 Å². The molecule has 5 nitrogen and oxygen atoms in total. The molecule has 4 aromatic rings. The van der Waals surface area contributed by atoms with Crippen molar-refractivity contribution in [2.24, 2.45) is 0 Å². The van der Waals surface area contributed by atoms with Crippen LogP contribution in [0.5, 0.6) is 5.75 Å². The van der Waals surface area contributed by atoms with Gasteiger partial charge in [-0.3, -0.25) is 9.69 Å². The lowest BCUT2D eigenvalue weighted by Gasteiger charge is -2.21. The van der Waals surface area contributed by atoms with Gasteiger partial charge in [-0.1, -0.05) is 77.5 Å². The van der Waals surface area contributed by atoms with Crippen molar-refractivity contribution in [2.75, 3.05) is 39.2 Å². The largest absolute Gasteiger partial charge is 0.494 e. The first kappa shape index (κ1) is 24.2. The Labute approximate surface area is 209 Å². The van der Waals surface area contributed by atoms with E-state index in [1.165, 1.54) is 11.3 Å². The number of rotatable bonds is 9. The zero-order chi connectivity index (χ0) is 24.1. The van der Waals surface area contributed by atoms with Crippen LogP contribution in [-0.4, -0.2) is 50.1 Å². The molecule has 7 heteroatoms. The van der Waals surface area contributed by atoms with Crippen LogP contribution < -0.4 is 9.64 Å². The van der Waals surface area contributed by atoms with E-state index in [1.54, 1.807) is 24.1 Å². The van der Waals surface area contributed by atoms with Gasteiger partial charge in [0.15, 0.2) is 5.13 Å². The zero-order valence-electron chi connectivity index (χ0n) is 19.6. The molecule has 0 aliphatic heterocycles. The number of amides is 1. The molecule has 0 aliphatic rings. The molecule has 1 heterocycles. The Morgan fingerprint density at radius 2 is 1.68 bits per heavy atom. The lowest BCUT2D eigenvalue weighted by molar-refractivity contribution is -0.118. The summed E-state index contributed by atoms with van der Waals surface area (Å²) in [6.45, 7) is 1.46. The lowest BCUT2D eigenvalue weighted by Crippen LogP contribution is -2.34. The highest BCUT2D eigenvalue weighted by atomic mass is 35.5. The van der Waals surface area contributed by atoms with Gasteiger partial charge in [0.25, 0.3) is 0 Å². The summed E-state index contributed by atoms with van der Waals surface area (Å²) in [5.74, 6) is 0.666. The minimum atomic E-state index is 0.0142. The van der Waals surface area contributed by atoms with Gasteiger partial charge >= 0.3 is 0 Å². The molecule has 1 amide bonds. The first-order valence-electron chi connectivity index (χ1n) is 11.2. The number of carbonyl (C=O) groups is 1. The van der Waals surface area contributed by atoms with E-state index in [-0.39, 0.29) is 5.91 Å². The third kappa shape index (κ3) is 5.58. The van der Waals surface area contributed by atoms with Crippen molar-refractivity contribution in [3.63, 3.8) is 0 Å². The Kier molecular flexibility index (Phi) is 7.83. The molecule has 0 bridgehead atoms. The number of carbonyl (C=O) groups excluding carboxylic acids is 1. The fraction of sp³-hybridized carbons (Fsp3) is 0.259. The number of halogens is 1. The van der Waals surface area contributed by atoms with Crippen molar-refractivity contribution in [2.45, 2.75) is 12.8 Å². The van der Waals surface area contributed by atoms with E-state index in [1.807, 2.05) is 44.4 Å². The van der Waals surface area contributed by atoms with Crippen LogP contribution in [0.25, 0.3) is 21.3 Å². The van der Waals surface area contributed by atoms with Crippen molar-refractivity contribution < 1.29 is 9.53 Å². The maximum absolute atomic E-state index is 13.5. The standard InChI is InChI=1S/C27H28ClN3O2S/c1-30(2)16-7-17-31(27-29-25-23(33-3)15-14-22(28)26(25)34-27)24(32)18-19-10-12-21(13-11-19)20-8-5-4-6-9-20/h4-6,8-15H,7,16-18H2,1-3H3. The zero-order valence-corrected chi connectivity index (χ0v) is 21.2. The van der Waals surface area contributed by atoms with Gasteiger partial charge in [-0.05, 0) is 55.9 Å². The van der Waals surface area contributed by atoms with Crippen molar-refractivity contribution in [1.29, 1.82) is 0 Å². The quantitative estimate of drug-likeness (QED) is 0.280. The van der Waals surface area contributed by atoms with Gasteiger partial charge in [0, 0.05) is 6.54 Å². The highest BCUT2D eigenvalue weighted by molar-refractivity contribution is 7.23. The van der Waals surface area contributed by atoms with E-state index in [2.05, 4.69) is 29.2 Å². The van der Waals surface area contributed by atoms with Crippen molar-refractivity contribution in [3.8, 4) is 16.9 Å². The predicted molar refractivity (Wildman–Crippen MR) is 142 cm³/mol. The van der Waals surface area contributed by atoms with Crippen LogP contribution in [0, 0.1) is 0 Å². The van der Waals surface area contributed by atoms with Gasteiger partial charge in [-0.25, -0.2) is 4.98 Å². The number of methoxy groups -OCH3 is 1. The van der Waals surface area contributed by atoms with Crippen molar-refractivity contribution in [3.05, 3.63) is 77.3 Å². The fourth-order valence-corrected chi connectivity index (χ4v) is 5.11. The molecule has 0 unspecified atom stereocenters. The topological polar surface area (TPSA) is 45.7 Å². The van der Waals surface area contributed by atoms with Crippen molar-refractivity contribution >= 4 is 44.2 Å². The Hall–Kier alpha value is -2.93. The Morgan fingerprint density at radius 1 is 0.971 bits per heavy atom. The molecule has 34 heavy (non-hydrogen) atoms. The molecule has 0 fully saturated rings. The monoisotopic (exact) mass is 493 g/mol. The van der Waals surface area contributed by atoms with Gasteiger partial charge < -0.3 is 9.64 Å². The number of anilines is 1. The van der Waals surface area contributed by atoms with Crippen LogP contribution in [0.4, 0.5) is 5.13 Å². The second-order valence-electron chi connectivity index (χ2n) is 8.37. The summed E-state index contributed by atoms with van der Waals surface area (Å²) in [7, 11) is 5.67. The SMILES string of the molecule is COc1ccc(Cl)c2sc(N(CCCN(C)C)C(=O)Cc3ccc(-c4ccccc4)cc3)nc12. The number of nitrogens with zero attached hydrogens (tertiary/aromatic N) is 3. The highest BCUT2D eigenvalue weighted by Gasteiger charge is 2.22. The summed E-state index contributed by atoms with van der Waals surface area (Å²) in [6, 6.07) is 22.0. The number of thiazole rings is 1. The lowest BCUT2D eigenvalue weighted by atomic mass is 10.0. The minimum Gasteiger partial charge on any atom is -0.494 e. The molecule has 4 rings (SSSR count). The number of hydrogen-bond donors (Lipinski definition) is 0. The molecule has 0 saturated carbocycles. The second kappa shape index (κ2) is 11.0. The molecule has 0 aliphatic carbocycles. The molecule has 0 spiro atoms. The van der Waals surface area contributed by atoms with Crippen LogP contribution in [0.1, 0.15) is 12.0 Å². The number of benzene rings is 3. The Bertz CT molecular complexity index is 1260. The normalized spacial score (nSPS) is 11.2. The molecule has 0 saturated heterocycles. The third-order valence-electron chi connectivity index (χ3n) is 5.60. The maximum atomic E-state index is 13.5. The average Bonchev–Trinajstić information content (AvgIpc) is 3.29. The predicted octanol–water partition coefficient (Wildman–Crippen LogP) is 6.15. The summed E-state index contributed by atoms with van der Waals surface area (Å²) in [5.41, 5.74) is 3.95. The van der Waals surface area contributed by atoms with Crippen molar-refractivity contribution in [1.82, 2.24) is 9.88 Å². The molecule has 1 aromatic heterocycles. The molecule has 0 radical (unpaired) electrons. The maximum Gasteiger partial charge on any atom is 0.233 e. The minimum absolute atomic E-state index is 0.0142. The third-order valence-corrected chi connectivity index (χ3v) is 7.14. The summed E-state index contributed by atoms with van der Waals surface area (Å²) in [5, 5.41) is 1.25. The van der Waals surface area contributed by atoms with E-state index in [0.29, 0.717) is 34.4 Å². The molecule has 176 valence electrons. The second-order valence-corrected chi connectivity index (χ2v) is 9.75. The smallest absolute Gasteiger partial charge is 0.233 e. The van der Waals surface area contributed by atoms with Crippen LogP contribution in [-0.2, 0) is 11.2 Å². The first-order valence-corrected chi connectivity index (χ1v) is 12.4. The van der Waals surface area contributed by atoms with Crippen LogP contribution in [0.3, 0.4) is 0 Å². The Morgan fingerprint density at radius 3 is 2.35 bits per heavy atom. The first-order chi connectivity index (χ1) is 16.5. The summed E-state index contributed by atoms with van der Waals surface area (Å²) in [6.07, 6.45) is 1.14. The summed E-state index contributed by atoms with van der Waals surface area (Å²) in [4.78, 5) is 22.1. The van der Waals surface area contributed by atoms with Crippen LogP contribution in [0.15, 0.2) is 66.7 Å². The van der Waals surface area contributed by atoms with Crippen LogP contribution >= 0.6 is 22.9 Å². The molecular weight excluding hydrogens is 466 g/mol. The summed E-state index contributed by atoms with van der Waals surface area (Å²) >= 11 is 7.86. The number of hydrogen-bond acceptors (Lipinski definition) is 5. The van der Waals surface area contributed by atoms with Crippen LogP contribution in [0.2, 0.25) is 5.02 Å². The highest BCUT2D eigenvalue weighted by Crippen LogP contribution is 2.39. The van der Waals surface area contributed by atoms with Gasteiger partial charge in [-0.15, -0.1) is 0 Å². The molecule has 0 atom stereocenters. The number of fused-ring (bicyclic) bond motifs is 1. The number of ether oxygens (including phenoxy) is 1. The van der Waals surface area contributed by atoms with E-state index < -0.39 is 0 Å². The van der Waals surface area contributed by atoms with Gasteiger partial charge in [0.05, 0.1) is 23.3 Å². The van der Waals surface area contributed by atoms with Gasteiger partial charge in [0.1, 0.15) is 11.3 Å². The molecule has 3 aromatic carbocycles. The van der Waals surface area contributed by atoms with Gasteiger partial charge in [0.2, 0.25) is 5.91 Å². The molecule has 0 N–H and O–H groups in total. The summed E-state index contributed by atoms with van der Waals surface area (Å²) < 4.78 is 6.29.